The first-order valence-electron chi connectivity index (χ1n) is 4.29. The summed E-state index contributed by atoms with van der Waals surface area (Å²) in [6, 6.07) is 7.80. The van der Waals surface area contributed by atoms with Gasteiger partial charge in [0.25, 0.3) is 0 Å². The maximum Gasteiger partial charge on any atom is 0.188 e. The average molecular weight is 181 g/mol. The summed E-state index contributed by atoms with van der Waals surface area (Å²) in [5.74, 6) is 1.44. The van der Waals surface area contributed by atoms with Crippen LogP contribution in [0.1, 0.15) is 13.8 Å². The molecule has 13 heavy (non-hydrogen) atoms. The number of para-hydroxylation sites is 2. The normalized spacial score (nSPS) is 10.2. The summed E-state index contributed by atoms with van der Waals surface area (Å²) in [6.45, 7) is 4.02. The van der Waals surface area contributed by atoms with Gasteiger partial charge in [0.05, 0.1) is 7.11 Å². The van der Waals surface area contributed by atoms with Gasteiger partial charge >= 0.3 is 0 Å². The van der Waals surface area contributed by atoms with Gasteiger partial charge in [-0.1, -0.05) is 12.1 Å². The lowest BCUT2D eigenvalue weighted by Gasteiger charge is -2.12. The maximum absolute atomic E-state index is 5.31. The van der Waals surface area contributed by atoms with Crippen molar-refractivity contribution in [1.82, 2.24) is 5.48 Å². The second kappa shape index (κ2) is 4.72. The molecule has 0 spiro atoms. The molecule has 0 fully saturated rings. The molecule has 0 saturated heterocycles. The van der Waals surface area contributed by atoms with E-state index in [1.807, 2.05) is 38.1 Å². The Bertz CT molecular complexity index is 261. The highest BCUT2D eigenvalue weighted by molar-refractivity contribution is 5.38. The minimum Gasteiger partial charge on any atom is -0.493 e. The Balaban J connectivity index is 2.64. The molecule has 0 bridgehead atoms. The third kappa shape index (κ3) is 2.95. The predicted octanol–water partition coefficient (Wildman–Crippen LogP) is 1.99. The Hall–Kier alpha value is -1.22. The third-order valence-corrected chi connectivity index (χ3v) is 1.47. The van der Waals surface area contributed by atoms with Crippen LogP contribution in [0.25, 0.3) is 0 Å². The van der Waals surface area contributed by atoms with E-state index in [-0.39, 0.29) is 6.04 Å². The molecule has 3 nitrogen and oxygen atoms in total. The van der Waals surface area contributed by atoms with E-state index in [0.29, 0.717) is 5.75 Å². The molecule has 0 aliphatic carbocycles. The highest BCUT2D eigenvalue weighted by Crippen LogP contribution is 2.24. The highest BCUT2D eigenvalue weighted by Gasteiger charge is 2.02. The van der Waals surface area contributed by atoms with Crippen molar-refractivity contribution in [2.24, 2.45) is 0 Å². The standard InChI is InChI=1S/C10H15NO2/c1-8(2)11-13-10-7-5-4-6-9(10)12-3/h4-8,11H,1-3H3. The third-order valence-electron chi connectivity index (χ3n) is 1.47. The molecule has 0 unspecified atom stereocenters. The first-order valence-corrected chi connectivity index (χ1v) is 4.29. The van der Waals surface area contributed by atoms with Crippen LogP contribution in [-0.4, -0.2) is 13.2 Å². The fourth-order valence-electron chi connectivity index (χ4n) is 0.884. The highest BCUT2D eigenvalue weighted by atomic mass is 16.7. The predicted molar refractivity (Wildman–Crippen MR) is 51.9 cm³/mol. The molecule has 1 N–H and O–H groups in total. The van der Waals surface area contributed by atoms with Crippen molar-refractivity contribution in [2.75, 3.05) is 7.11 Å². The van der Waals surface area contributed by atoms with Crippen molar-refractivity contribution >= 4 is 0 Å². The molecule has 0 aromatic heterocycles. The second-order valence-corrected chi connectivity index (χ2v) is 3.03. The molecule has 0 radical (unpaired) electrons. The van der Waals surface area contributed by atoms with Gasteiger partial charge in [-0.25, -0.2) is 0 Å². The lowest BCUT2D eigenvalue weighted by molar-refractivity contribution is 0.162. The maximum atomic E-state index is 5.31. The Labute approximate surface area is 78.6 Å². The van der Waals surface area contributed by atoms with Crippen LogP contribution < -0.4 is 15.1 Å². The Morgan fingerprint density at radius 3 is 2.31 bits per heavy atom. The van der Waals surface area contributed by atoms with E-state index in [1.165, 1.54) is 0 Å². The van der Waals surface area contributed by atoms with Crippen molar-refractivity contribution in [3.63, 3.8) is 0 Å². The SMILES string of the molecule is COc1ccccc1ONC(C)C. The van der Waals surface area contributed by atoms with Crippen LogP contribution in [0.3, 0.4) is 0 Å². The van der Waals surface area contributed by atoms with Crippen molar-refractivity contribution in [2.45, 2.75) is 19.9 Å². The molecule has 0 amide bonds. The van der Waals surface area contributed by atoms with E-state index in [4.69, 9.17) is 9.57 Å². The largest absolute Gasteiger partial charge is 0.493 e. The quantitative estimate of drug-likeness (QED) is 0.720. The molecule has 0 saturated carbocycles. The molecule has 0 aliphatic heterocycles. The zero-order valence-electron chi connectivity index (χ0n) is 8.20. The number of rotatable bonds is 4. The number of hydrogen-bond acceptors (Lipinski definition) is 3. The Morgan fingerprint density at radius 2 is 1.77 bits per heavy atom. The van der Waals surface area contributed by atoms with Gasteiger partial charge in [-0.15, -0.1) is 0 Å². The Kier molecular flexibility index (Phi) is 3.58. The van der Waals surface area contributed by atoms with Crippen LogP contribution in [0.4, 0.5) is 0 Å². The number of benzene rings is 1. The molecule has 1 aromatic rings. The molecule has 3 heteroatoms. The number of ether oxygens (including phenoxy) is 1. The topological polar surface area (TPSA) is 30.5 Å². The van der Waals surface area contributed by atoms with E-state index in [2.05, 4.69) is 5.48 Å². The zero-order valence-corrected chi connectivity index (χ0v) is 8.20. The van der Waals surface area contributed by atoms with Gasteiger partial charge in [-0.3, -0.25) is 0 Å². The van der Waals surface area contributed by atoms with Gasteiger partial charge in [-0.2, -0.15) is 5.48 Å². The summed E-state index contributed by atoms with van der Waals surface area (Å²) in [7, 11) is 1.62. The van der Waals surface area contributed by atoms with Crippen molar-refractivity contribution in [3.05, 3.63) is 24.3 Å². The molecular formula is C10H15NO2. The van der Waals surface area contributed by atoms with E-state index < -0.39 is 0 Å². The van der Waals surface area contributed by atoms with Gasteiger partial charge in [-0.05, 0) is 26.0 Å². The zero-order chi connectivity index (χ0) is 9.68. The van der Waals surface area contributed by atoms with Crippen LogP contribution in [0.15, 0.2) is 24.3 Å². The summed E-state index contributed by atoms with van der Waals surface area (Å²) in [6.07, 6.45) is 0. The molecule has 0 aliphatic rings. The monoisotopic (exact) mass is 181 g/mol. The first-order chi connectivity index (χ1) is 6.24. The minimum absolute atomic E-state index is 0.282. The van der Waals surface area contributed by atoms with Crippen LogP contribution >= 0.6 is 0 Å². The fourth-order valence-corrected chi connectivity index (χ4v) is 0.884. The summed E-state index contributed by atoms with van der Waals surface area (Å²) < 4.78 is 5.11. The lowest BCUT2D eigenvalue weighted by Crippen LogP contribution is -2.26. The van der Waals surface area contributed by atoms with Crippen LogP contribution in [0.2, 0.25) is 0 Å². The van der Waals surface area contributed by atoms with Crippen molar-refractivity contribution < 1.29 is 9.57 Å². The molecule has 1 rings (SSSR count). The number of hydrogen-bond donors (Lipinski definition) is 1. The van der Waals surface area contributed by atoms with Crippen molar-refractivity contribution in [1.29, 1.82) is 0 Å². The summed E-state index contributed by atoms with van der Waals surface area (Å²) in [5.41, 5.74) is 2.86. The number of nitrogens with one attached hydrogen (secondary N) is 1. The lowest BCUT2D eigenvalue weighted by atomic mass is 10.3. The van der Waals surface area contributed by atoms with Gasteiger partial charge < -0.3 is 9.57 Å². The Morgan fingerprint density at radius 1 is 1.15 bits per heavy atom. The van der Waals surface area contributed by atoms with E-state index in [1.54, 1.807) is 7.11 Å². The first kappa shape index (κ1) is 9.86. The van der Waals surface area contributed by atoms with Crippen molar-refractivity contribution in [3.8, 4) is 11.5 Å². The van der Waals surface area contributed by atoms with E-state index in [9.17, 15) is 0 Å². The fraction of sp³-hybridized carbons (Fsp3) is 0.400. The van der Waals surface area contributed by atoms with Gasteiger partial charge in [0.15, 0.2) is 11.5 Å². The van der Waals surface area contributed by atoms with Crippen LogP contribution in [0, 0.1) is 0 Å². The molecular weight excluding hydrogens is 166 g/mol. The van der Waals surface area contributed by atoms with Crippen LogP contribution in [-0.2, 0) is 0 Å². The summed E-state index contributed by atoms with van der Waals surface area (Å²) >= 11 is 0. The van der Waals surface area contributed by atoms with E-state index in [0.717, 1.165) is 5.75 Å². The molecule has 0 atom stereocenters. The summed E-state index contributed by atoms with van der Waals surface area (Å²) in [5, 5.41) is 0. The molecule has 0 heterocycles. The van der Waals surface area contributed by atoms with Crippen LogP contribution in [0.5, 0.6) is 11.5 Å². The minimum atomic E-state index is 0.282. The van der Waals surface area contributed by atoms with Gasteiger partial charge in [0, 0.05) is 6.04 Å². The summed E-state index contributed by atoms with van der Waals surface area (Å²) in [4.78, 5) is 5.31. The van der Waals surface area contributed by atoms with E-state index >= 15 is 0 Å². The number of hydroxylamine groups is 1. The second-order valence-electron chi connectivity index (χ2n) is 3.03. The average Bonchev–Trinajstić information content (AvgIpc) is 2.15. The molecule has 1 aromatic carbocycles. The van der Waals surface area contributed by atoms with Gasteiger partial charge in [0.1, 0.15) is 0 Å². The molecule has 72 valence electrons. The number of methoxy groups -OCH3 is 1. The smallest absolute Gasteiger partial charge is 0.188 e. The van der Waals surface area contributed by atoms with Gasteiger partial charge in [0.2, 0.25) is 0 Å².